The Morgan fingerprint density at radius 3 is 2.31 bits per heavy atom. The number of rotatable bonds is 10. The van der Waals surface area contributed by atoms with E-state index in [0.29, 0.717) is 17.9 Å². The van der Waals surface area contributed by atoms with E-state index in [1.807, 2.05) is 6.92 Å². The van der Waals surface area contributed by atoms with E-state index >= 15 is 0 Å². The Hall–Kier alpha value is -2.45. The van der Waals surface area contributed by atoms with Gasteiger partial charge in [0.15, 0.2) is 0 Å². The van der Waals surface area contributed by atoms with E-state index in [-0.39, 0.29) is 17.2 Å². The summed E-state index contributed by atoms with van der Waals surface area (Å²) in [7, 11) is -0.703. The highest BCUT2D eigenvalue weighted by molar-refractivity contribution is 7.89. The number of sulfonamides is 1. The molecule has 1 atom stereocenters. The number of halogens is 1. The van der Waals surface area contributed by atoms with Crippen LogP contribution in [0.5, 0.6) is 5.75 Å². The van der Waals surface area contributed by atoms with Crippen molar-refractivity contribution in [3.05, 3.63) is 59.9 Å². The molecule has 2 rings (SSSR count). The first-order valence-electron chi connectivity index (χ1n) is 9.42. The minimum Gasteiger partial charge on any atom is -0.497 e. The number of unbranched alkanes of at least 4 members (excludes halogenated alkanes) is 1. The van der Waals surface area contributed by atoms with Crippen molar-refractivity contribution in [2.24, 2.45) is 0 Å². The summed E-state index contributed by atoms with van der Waals surface area (Å²) in [6.45, 7) is 2.64. The molecule has 0 unspecified atom stereocenters. The van der Waals surface area contributed by atoms with Crippen LogP contribution >= 0.6 is 0 Å². The molecule has 0 radical (unpaired) electrons. The second-order valence-corrected chi connectivity index (χ2v) is 8.49. The lowest BCUT2D eigenvalue weighted by Crippen LogP contribution is -2.35. The number of carbonyl (C=O) groups is 1. The van der Waals surface area contributed by atoms with Crippen LogP contribution in [0.2, 0.25) is 0 Å². The first-order chi connectivity index (χ1) is 13.8. The van der Waals surface area contributed by atoms with Crippen LogP contribution < -0.4 is 9.46 Å². The van der Waals surface area contributed by atoms with Crippen molar-refractivity contribution in [1.29, 1.82) is 0 Å². The van der Waals surface area contributed by atoms with Crippen LogP contribution in [0.1, 0.15) is 37.8 Å². The monoisotopic (exact) mass is 422 g/mol. The zero-order valence-corrected chi connectivity index (χ0v) is 17.7. The molecular formula is C21H27FN2O4S. The van der Waals surface area contributed by atoms with Crippen molar-refractivity contribution in [2.75, 3.05) is 20.7 Å². The van der Waals surface area contributed by atoms with Crippen LogP contribution in [0.3, 0.4) is 0 Å². The minimum absolute atomic E-state index is 0.0348. The lowest BCUT2D eigenvalue weighted by Gasteiger charge is -2.23. The van der Waals surface area contributed by atoms with E-state index in [4.69, 9.17) is 4.74 Å². The fraction of sp³-hybridized carbons (Fsp3) is 0.381. The zero-order valence-electron chi connectivity index (χ0n) is 16.9. The quantitative estimate of drug-likeness (QED) is 0.636. The Bertz CT molecular complexity index is 899. The summed E-state index contributed by atoms with van der Waals surface area (Å²) >= 11 is 0. The molecule has 0 aliphatic heterocycles. The lowest BCUT2D eigenvalue weighted by atomic mass is 10.0. The summed E-state index contributed by atoms with van der Waals surface area (Å²) in [5.74, 6) is -0.0651. The molecule has 1 amide bonds. The average molecular weight is 423 g/mol. The molecule has 0 fully saturated rings. The number of carbonyl (C=O) groups excluding carboxylic acids is 1. The van der Waals surface area contributed by atoms with E-state index in [1.54, 1.807) is 36.2 Å². The smallest absolute Gasteiger partial charge is 0.241 e. The van der Waals surface area contributed by atoms with Crippen LogP contribution in [0.25, 0.3) is 0 Å². The van der Waals surface area contributed by atoms with Gasteiger partial charge < -0.3 is 9.64 Å². The Morgan fingerprint density at radius 1 is 1.14 bits per heavy atom. The van der Waals surface area contributed by atoms with Gasteiger partial charge >= 0.3 is 0 Å². The van der Waals surface area contributed by atoms with Crippen LogP contribution in [0.4, 0.5) is 4.39 Å². The van der Waals surface area contributed by atoms with Crippen molar-refractivity contribution in [3.8, 4) is 5.75 Å². The molecule has 0 aromatic heterocycles. The second kappa shape index (κ2) is 10.4. The maximum atomic E-state index is 13.2. The van der Waals surface area contributed by atoms with Crippen LogP contribution in [-0.2, 0) is 14.8 Å². The number of benzene rings is 2. The van der Waals surface area contributed by atoms with Gasteiger partial charge in [0.2, 0.25) is 15.9 Å². The Morgan fingerprint density at radius 2 is 1.76 bits per heavy atom. The van der Waals surface area contributed by atoms with Gasteiger partial charge in [0.1, 0.15) is 11.6 Å². The molecule has 0 saturated heterocycles. The fourth-order valence-electron chi connectivity index (χ4n) is 2.78. The van der Waals surface area contributed by atoms with Crippen LogP contribution in [-0.4, -0.2) is 39.9 Å². The average Bonchev–Trinajstić information content (AvgIpc) is 2.71. The summed E-state index contributed by atoms with van der Waals surface area (Å²) in [4.78, 5) is 14.2. The third-order valence-corrected chi connectivity index (χ3v) is 6.08. The molecule has 1 N–H and O–H groups in total. The van der Waals surface area contributed by atoms with E-state index in [0.717, 1.165) is 25.0 Å². The summed E-state index contributed by atoms with van der Waals surface area (Å²) in [5, 5.41) is 0. The fourth-order valence-corrected chi connectivity index (χ4v) is 4.01. The van der Waals surface area contributed by atoms with Crippen molar-refractivity contribution in [1.82, 2.24) is 9.62 Å². The highest BCUT2D eigenvalue weighted by Gasteiger charge is 2.25. The van der Waals surface area contributed by atoms with Crippen molar-refractivity contribution in [2.45, 2.75) is 37.1 Å². The first-order valence-corrected chi connectivity index (χ1v) is 10.9. The third kappa shape index (κ3) is 6.54. The third-order valence-electron chi connectivity index (χ3n) is 4.59. The van der Waals surface area contributed by atoms with Gasteiger partial charge in [-0.1, -0.05) is 25.5 Å². The number of amides is 1. The van der Waals surface area contributed by atoms with Crippen molar-refractivity contribution in [3.63, 3.8) is 0 Å². The normalized spacial score (nSPS) is 12.4. The maximum Gasteiger partial charge on any atom is 0.241 e. The van der Waals surface area contributed by atoms with Gasteiger partial charge in [0.25, 0.3) is 0 Å². The number of nitrogens with zero attached hydrogens (tertiary/aromatic N) is 1. The van der Waals surface area contributed by atoms with Gasteiger partial charge in [0.05, 0.1) is 18.0 Å². The zero-order chi connectivity index (χ0) is 21.4. The molecule has 0 spiro atoms. The van der Waals surface area contributed by atoms with E-state index in [2.05, 4.69) is 4.72 Å². The van der Waals surface area contributed by atoms with E-state index in [1.165, 1.54) is 19.2 Å². The molecule has 2 aromatic rings. The van der Waals surface area contributed by atoms with E-state index < -0.39 is 21.9 Å². The van der Waals surface area contributed by atoms with E-state index in [9.17, 15) is 17.6 Å². The Balaban J connectivity index is 2.28. The summed E-state index contributed by atoms with van der Waals surface area (Å²) < 4.78 is 46.5. The molecule has 0 bridgehead atoms. The minimum atomic E-state index is -3.95. The molecule has 0 aliphatic rings. The highest BCUT2D eigenvalue weighted by atomic mass is 32.2. The number of hydrogen-bond donors (Lipinski definition) is 1. The summed E-state index contributed by atoms with van der Waals surface area (Å²) in [6.07, 6.45) is 1.79. The molecule has 0 heterocycles. The van der Waals surface area contributed by atoms with Gasteiger partial charge in [-0.05, 0) is 48.4 Å². The van der Waals surface area contributed by atoms with Gasteiger partial charge in [-0.2, -0.15) is 0 Å². The molecule has 0 saturated carbocycles. The predicted molar refractivity (Wildman–Crippen MR) is 110 cm³/mol. The maximum absolute atomic E-state index is 13.2. The lowest BCUT2D eigenvalue weighted by molar-refractivity contribution is -0.130. The Labute approximate surface area is 171 Å². The number of methoxy groups -OCH3 is 1. The molecular weight excluding hydrogens is 395 g/mol. The SMILES string of the molecule is CCCCN(C)C(=O)C[C@@H](NS(=O)(=O)c1ccc(F)cc1)c1ccc(OC)cc1. The van der Waals surface area contributed by atoms with Gasteiger partial charge in [-0.3, -0.25) is 4.79 Å². The molecule has 158 valence electrons. The molecule has 0 aliphatic carbocycles. The number of hydrogen-bond acceptors (Lipinski definition) is 4. The molecule has 2 aromatic carbocycles. The van der Waals surface area contributed by atoms with Gasteiger partial charge in [-0.15, -0.1) is 0 Å². The Kier molecular flexibility index (Phi) is 8.16. The summed E-state index contributed by atoms with van der Waals surface area (Å²) in [5.41, 5.74) is 0.633. The molecule has 29 heavy (non-hydrogen) atoms. The number of nitrogens with one attached hydrogen (secondary N) is 1. The topological polar surface area (TPSA) is 75.7 Å². The first kappa shape index (κ1) is 22.8. The van der Waals surface area contributed by atoms with Crippen molar-refractivity contribution < 1.29 is 22.3 Å². The molecule has 8 heteroatoms. The summed E-state index contributed by atoms with van der Waals surface area (Å²) in [6, 6.07) is 10.6. The largest absolute Gasteiger partial charge is 0.497 e. The van der Waals surface area contributed by atoms with Crippen molar-refractivity contribution >= 4 is 15.9 Å². The standard InChI is InChI=1S/C21H27FN2O4S/c1-4-5-14-24(2)21(25)15-20(16-6-10-18(28-3)11-7-16)23-29(26,27)19-12-8-17(22)9-13-19/h6-13,20,23H,4-5,14-15H2,1-3H3/t20-/m1/s1. The molecule has 6 nitrogen and oxygen atoms in total. The number of ether oxygens (including phenoxy) is 1. The second-order valence-electron chi connectivity index (χ2n) is 6.77. The highest BCUT2D eigenvalue weighted by Crippen LogP contribution is 2.24. The van der Waals surface area contributed by atoms with Gasteiger partial charge in [0, 0.05) is 20.0 Å². The van der Waals surface area contributed by atoms with Crippen LogP contribution in [0, 0.1) is 5.82 Å². The van der Waals surface area contributed by atoms with Crippen LogP contribution in [0.15, 0.2) is 53.4 Å². The van der Waals surface area contributed by atoms with Gasteiger partial charge in [-0.25, -0.2) is 17.5 Å². The predicted octanol–water partition coefficient (Wildman–Crippen LogP) is 3.50.